The normalized spacial score (nSPS) is 25.4. The molecular formula is C15H31N3O. The van der Waals surface area contributed by atoms with Crippen molar-refractivity contribution in [1.29, 1.82) is 0 Å². The Morgan fingerprint density at radius 1 is 1.16 bits per heavy atom. The summed E-state index contributed by atoms with van der Waals surface area (Å²) in [5.74, 6) is 0. The van der Waals surface area contributed by atoms with Crippen molar-refractivity contribution in [3.8, 4) is 0 Å². The maximum absolute atomic E-state index is 10.3. The van der Waals surface area contributed by atoms with Crippen LogP contribution < -0.4 is 5.32 Å². The first-order valence-electron chi connectivity index (χ1n) is 8.07. The van der Waals surface area contributed by atoms with E-state index < -0.39 is 0 Å². The van der Waals surface area contributed by atoms with Gasteiger partial charge in [0.25, 0.3) is 0 Å². The Labute approximate surface area is 118 Å². The second kappa shape index (κ2) is 8.20. The zero-order chi connectivity index (χ0) is 13.5. The highest BCUT2D eigenvalue weighted by Crippen LogP contribution is 2.21. The SMILES string of the molecule is CN(C[C@@H](O)CN1CCCNCC1)C1CCCCC1. The van der Waals surface area contributed by atoms with Crippen LogP contribution in [0.25, 0.3) is 0 Å². The number of likely N-dealkylation sites (N-methyl/N-ethyl adjacent to an activating group) is 1. The molecule has 19 heavy (non-hydrogen) atoms. The van der Waals surface area contributed by atoms with Gasteiger partial charge in [-0.1, -0.05) is 19.3 Å². The van der Waals surface area contributed by atoms with E-state index in [9.17, 15) is 5.11 Å². The summed E-state index contributed by atoms with van der Waals surface area (Å²) in [6.45, 7) is 6.04. The van der Waals surface area contributed by atoms with Crippen molar-refractivity contribution in [2.24, 2.45) is 0 Å². The minimum atomic E-state index is -0.204. The average molecular weight is 269 g/mol. The number of hydrogen-bond acceptors (Lipinski definition) is 4. The summed E-state index contributed by atoms with van der Waals surface area (Å²) in [5, 5.41) is 13.7. The summed E-state index contributed by atoms with van der Waals surface area (Å²) < 4.78 is 0. The van der Waals surface area contributed by atoms with Crippen LogP contribution in [0, 0.1) is 0 Å². The number of rotatable bonds is 5. The summed E-state index contributed by atoms with van der Waals surface area (Å²) in [7, 11) is 2.18. The maximum atomic E-state index is 10.3. The molecule has 1 saturated heterocycles. The van der Waals surface area contributed by atoms with Crippen molar-refractivity contribution in [1.82, 2.24) is 15.1 Å². The average Bonchev–Trinajstić information content (AvgIpc) is 2.68. The molecule has 1 aliphatic carbocycles. The van der Waals surface area contributed by atoms with Crippen molar-refractivity contribution in [2.45, 2.75) is 50.7 Å². The summed E-state index contributed by atoms with van der Waals surface area (Å²) in [5.41, 5.74) is 0. The molecule has 0 aromatic rings. The van der Waals surface area contributed by atoms with Crippen LogP contribution in [0.3, 0.4) is 0 Å². The fourth-order valence-electron chi connectivity index (χ4n) is 3.44. The number of β-amino-alcohol motifs (C(OH)–C–C–N with tert-alkyl or cyclic N) is 1. The van der Waals surface area contributed by atoms with E-state index in [0.29, 0.717) is 6.04 Å². The van der Waals surface area contributed by atoms with Gasteiger partial charge in [0.05, 0.1) is 6.10 Å². The molecule has 0 amide bonds. The Morgan fingerprint density at radius 3 is 2.74 bits per heavy atom. The molecule has 1 saturated carbocycles. The molecule has 0 radical (unpaired) electrons. The van der Waals surface area contributed by atoms with Crippen LogP contribution in [0.5, 0.6) is 0 Å². The van der Waals surface area contributed by atoms with Crippen LogP contribution in [0.4, 0.5) is 0 Å². The van der Waals surface area contributed by atoms with Crippen LogP contribution in [-0.2, 0) is 0 Å². The first-order valence-corrected chi connectivity index (χ1v) is 8.07. The lowest BCUT2D eigenvalue weighted by Gasteiger charge is -2.33. The fourth-order valence-corrected chi connectivity index (χ4v) is 3.44. The third kappa shape index (κ3) is 5.38. The summed E-state index contributed by atoms with van der Waals surface area (Å²) >= 11 is 0. The molecular weight excluding hydrogens is 238 g/mol. The minimum Gasteiger partial charge on any atom is -0.390 e. The van der Waals surface area contributed by atoms with Gasteiger partial charge in [-0.3, -0.25) is 4.90 Å². The topological polar surface area (TPSA) is 38.7 Å². The molecule has 2 N–H and O–H groups in total. The van der Waals surface area contributed by atoms with Gasteiger partial charge in [-0.05, 0) is 39.4 Å². The molecule has 0 aromatic heterocycles. The van der Waals surface area contributed by atoms with Crippen LogP contribution in [0.15, 0.2) is 0 Å². The van der Waals surface area contributed by atoms with E-state index in [1.54, 1.807) is 0 Å². The Kier molecular flexibility index (Phi) is 6.57. The highest BCUT2D eigenvalue weighted by atomic mass is 16.3. The Balaban J connectivity index is 1.68. The Hall–Kier alpha value is -0.160. The molecule has 0 aromatic carbocycles. The van der Waals surface area contributed by atoms with Crippen LogP contribution in [0.2, 0.25) is 0 Å². The monoisotopic (exact) mass is 269 g/mol. The molecule has 112 valence electrons. The Bertz CT molecular complexity index is 236. The first-order chi connectivity index (χ1) is 9.25. The van der Waals surface area contributed by atoms with Gasteiger partial charge in [0.15, 0.2) is 0 Å². The molecule has 2 fully saturated rings. The largest absolute Gasteiger partial charge is 0.390 e. The van der Waals surface area contributed by atoms with Gasteiger partial charge in [0, 0.05) is 32.2 Å². The number of nitrogens with one attached hydrogen (secondary N) is 1. The van der Waals surface area contributed by atoms with Crippen LogP contribution in [0.1, 0.15) is 38.5 Å². The smallest absolute Gasteiger partial charge is 0.0793 e. The van der Waals surface area contributed by atoms with E-state index >= 15 is 0 Å². The van der Waals surface area contributed by atoms with Gasteiger partial charge in [-0.2, -0.15) is 0 Å². The fraction of sp³-hybridized carbons (Fsp3) is 1.00. The Morgan fingerprint density at radius 2 is 1.95 bits per heavy atom. The quantitative estimate of drug-likeness (QED) is 0.778. The number of hydrogen-bond donors (Lipinski definition) is 2. The molecule has 0 spiro atoms. The van der Waals surface area contributed by atoms with Crippen LogP contribution in [-0.4, -0.2) is 73.4 Å². The van der Waals surface area contributed by atoms with Gasteiger partial charge in [0.1, 0.15) is 0 Å². The van der Waals surface area contributed by atoms with E-state index in [1.165, 1.54) is 38.5 Å². The second-order valence-electron chi connectivity index (χ2n) is 6.29. The lowest BCUT2D eigenvalue weighted by Crippen LogP contribution is -2.44. The molecule has 1 heterocycles. The molecule has 1 aliphatic heterocycles. The van der Waals surface area contributed by atoms with Crippen molar-refractivity contribution >= 4 is 0 Å². The van der Waals surface area contributed by atoms with E-state index in [0.717, 1.165) is 39.3 Å². The van der Waals surface area contributed by atoms with Crippen molar-refractivity contribution in [2.75, 3.05) is 46.3 Å². The van der Waals surface area contributed by atoms with Gasteiger partial charge < -0.3 is 15.3 Å². The molecule has 0 bridgehead atoms. The molecule has 4 heteroatoms. The van der Waals surface area contributed by atoms with Crippen LogP contribution >= 0.6 is 0 Å². The van der Waals surface area contributed by atoms with E-state index in [2.05, 4.69) is 22.2 Å². The van der Waals surface area contributed by atoms with Crippen molar-refractivity contribution in [3.63, 3.8) is 0 Å². The second-order valence-corrected chi connectivity index (χ2v) is 6.29. The predicted octanol–water partition coefficient (Wildman–Crippen LogP) is 0.907. The van der Waals surface area contributed by atoms with E-state index in [1.807, 2.05) is 0 Å². The zero-order valence-corrected chi connectivity index (χ0v) is 12.5. The highest BCUT2D eigenvalue weighted by Gasteiger charge is 2.21. The lowest BCUT2D eigenvalue weighted by molar-refractivity contribution is 0.0628. The zero-order valence-electron chi connectivity index (χ0n) is 12.5. The van der Waals surface area contributed by atoms with Gasteiger partial charge in [-0.15, -0.1) is 0 Å². The summed E-state index contributed by atoms with van der Waals surface area (Å²) in [6, 6.07) is 0.703. The van der Waals surface area contributed by atoms with Gasteiger partial charge in [-0.25, -0.2) is 0 Å². The molecule has 2 rings (SSSR count). The lowest BCUT2D eigenvalue weighted by atomic mass is 9.94. The third-order valence-corrected chi connectivity index (χ3v) is 4.60. The molecule has 0 unspecified atom stereocenters. The van der Waals surface area contributed by atoms with Crippen molar-refractivity contribution < 1.29 is 5.11 Å². The third-order valence-electron chi connectivity index (χ3n) is 4.60. The highest BCUT2D eigenvalue weighted by molar-refractivity contribution is 4.77. The predicted molar refractivity (Wildman–Crippen MR) is 79.4 cm³/mol. The molecule has 4 nitrogen and oxygen atoms in total. The number of aliphatic hydroxyl groups is 1. The number of aliphatic hydroxyl groups excluding tert-OH is 1. The standard InChI is InChI=1S/C15H31N3O/c1-17(14-6-3-2-4-7-14)12-15(19)13-18-10-5-8-16-9-11-18/h14-16,19H,2-13H2,1H3/t15-/m1/s1. The number of nitrogens with zero attached hydrogens (tertiary/aromatic N) is 2. The maximum Gasteiger partial charge on any atom is 0.0793 e. The van der Waals surface area contributed by atoms with Gasteiger partial charge in [0.2, 0.25) is 0 Å². The summed E-state index contributed by atoms with van der Waals surface area (Å²) in [4.78, 5) is 4.79. The van der Waals surface area contributed by atoms with Gasteiger partial charge >= 0.3 is 0 Å². The minimum absolute atomic E-state index is 0.204. The summed E-state index contributed by atoms with van der Waals surface area (Å²) in [6.07, 6.45) is 7.75. The molecule has 2 aliphatic rings. The molecule has 1 atom stereocenters. The van der Waals surface area contributed by atoms with E-state index in [-0.39, 0.29) is 6.10 Å². The van der Waals surface area contributed by atoms with Crippen molar-refractivity contribution in [3.05, 3.63) is 0 Å². The first kappa shape index (κ1) is 15.2. The van der Waals surface area contributed by atoms with E-state index in [4.69, 9.17) is 0 Å².